The van der Waals surface area contributed by atoms with E-state index in [0.717, 1.165) is 29.9 Å². The zero-order valence-corrected chi connectivity index (χ0v) is 10.6. The smallest absolute Gasteiger partial charge is 0.169 e. The van der Waals surface area contributed by atoms with Gasteiger partial charge in [0, 0.05) is 17.8 Å². The quantitative estimate of drug-likeness (QED) is 0.874. The van der Waals surface area contributed by atoms with Gasteiger partial charge >= 0.3 is 0 Å². The minimum atomic E-state index is -0.272. The Bertz CT molecular complexity index is 544. The van der Waals surface area contributed by atoms with E-state index in [1.165, 1.54) is 18.9 Å². The predicted octanol–water partition coefficient (Wildman–Crippen LogP) is 3.50. The number of aryl methyl sites for hydroxylation is 1. The molecule has 0 bridgehead atoms. The van der Waals surface area contributed by atoms with Gasteiger partial charge in [0.2, 0.25) is 0 Å². The molecule has 1 saturated carbocycles. The Labute approximate surface area is 106 Å². The lowest BCUT2D eigenvalue weighted by Gasteiger charge is -2.13. The van der Waals surface area contributed by atoms with Crippen molar-refractivity contribution in [3.8, 4) is 0 Å². The molecule has 1 fully saturated rings. The van der Waals surface area contributed by atoms with Crippen molar-refractivity contribution in [1.82, 2.24) is 5.32 Å². The number of rotatable bonds is 5. The molecule has 1 aromatic carbocycles. The maximum absolute atomic E-state index is 13.5. The molecule has 3 rings (SSSR count). The fourth-order valence-corrected chi connectivity index (χ4v) is 2.62. The number of benzene rings is 1. The minimum Gasteiger partial charge on any atom is -0.458 e. The summed E-state index contributed by atoms with van der Waals surface area (Å²) >= 11 is 0. The number of fused-ring (bicyclic) bond motifs is 1. The van der Waals surface area contributed by atoms with Crippen LogP contribution in [0.15, 0.2) is 28.7 Å². The molecule has 3 heteroatoms. The van der Waals surface area contributed by atoms with Gasteiger partial charge in [-0.05, 0) is 44.4 Å². The molecular weight excluding hydrogens is 229 g/mol. The van der Waals surface area contributed by atoms with E-state index in [-0.39, 0.29) is 5.82 Å². The lowest BCUT2D eigenvalue weighted by Crippen LogP contribution is -2.27. The minimum absolute atomic E-state index is 0.272. The van der Waals surface area contributed by atoms with Crippen molar-refractivity contribution < 1.29 is 8.81 Å². The van der Waals surface area contributed by atoms with Gasteiger partial charge < -0.3 is 9.73 Å². The zero-order valence-electron chi connectivity index (χ0n) is 10.6. The van der Waals surface area contributed by atoms with Crippen LogP contribution in [0.4, 0.5) is 4.39 Å². The largest absolute Gasteiger partial charge is 0.458 e. The molecule has 1 unspecified atom stereocenters. The van der Waals surface area contributed by atoms with Gasteiger partial charge in [0.15, 0.2) is 11.4 Å². The van der Waals surface area contributed by atoms with Crippen molar-refractivity contribution in [2.24, 2.45) is 5.92 Å². The highest BCUT2D eigenvalue weighted by atomic mass is 19.1. The molecule has 1 aliphatic rings. The van der Waals surface area contributed by atoms with E-state index < -0.39 is 0 Å². The van der Waals surface area contributed by atoms with Crippen molar-refractivity contribution in [3.05, 3.63) is 35.8 Å². The maximum Gasteiger partial charge on any atom is 0.169 e. The van der Waals surface area contributed by atoms with Gasteiger partial charge in [-0.25, -0.2) is 4.39 Å². The van der Waals surface area contributed by atoms with Crippen LogP contribution >= 0.6 is 0 Å². The van der Waals surface area contributed by atoms with Crippen molar-refractivity contribution in [3.63, 3.8) is 0 Å². The SMILES string of the molecule is CNC(CCc1cc2cccc(F)c2o1)C1CC1. The number of furan rings is 1. The third-order valence-electron chi connectivity index (χ3n) is 3.81. The van der Waals surface area contributed by atoms with Crippen LogP contribution in [0.2, 0.25) is 0 Å². The number of nitrogens with one attached hydrogen (secondary N) is 1. The molecular formula is C15H18FNO. The molecule has 96 valence electrons. The van der Waals surface area contributed by atoms with Crippen molar-refractivity contribution >= 4 is 11.0 Å². The Morgan fingerprint density at radius 3 is 2.94 bits per heavy atom. The average molecular weight is 247 g/mol. The number of hydrogen-bond donors (Lipinski definition) is 1. The van der Waals surface area contributed by atoms with E-state index in [4.69, 9.17) is 4.42 Å². The summed E-state index contributed by atoms with van der Waals surface area (Å²) in [7, 11) is 2.02. The summed E-state index contributed by atoms with van der Waals surface area (Å²) in [5.41, 5.74) is 0.389. The molecule has 0 spiro atoms. The summed E-state index contributed by atoms with van der Waals surface area (Å²) in [6.45, 7) is 0. The number of hydrogen-bond acceptors (Lipinski definition) is 2. The third-order valence-corrected chi connectivity index (χ3v) is 3.81. The van der Waals surface area contributed by atoms with Gasteiger partial charge in [-0.1, -0.05) is 12.1 Å². The first-order valence-corrected chi connectivity index (χ1v) is 6.62. The second-order valence-electron chi connectivity index (χ2n) is 5.14. The summed E-state index contributed by atoms with van der Waals surface area (Å²) in [5.74, 6) is 1.44. The van der Waals surface area contributed by atoms with Crippen molar-refractivity contribution in [2.45, 2.75) is 31.7 Å². The predicted molar refractivity (Wildman–Crippen MR) is 70.1 cm³/mol. The monoisotopic (exact) mass is 247 g/mol. The zero-order chi connectivity index (χ0) is 12.5. The van der Waals surface area contributed by atoms with Gasteiger partial charge in [0.25, 0.3) is 0 Å². The Kier molecular flexibility index (Phi) is 3.08. The van der Waals surface area contributed by atoms with E-state index in [1.807, 2.05) is 19.2 Å². The molecule has 1 atom stereocenters. The highest BCUT2D eigenvalue weighted by Gasteiger charge is 2.29. The highest BCUT2D eigenvalue weighted by molar-refractivity contribution is 5.78. The van der Waals surface area contributed by atoms with Gasteiger partial charge in [-0.15, -0.1) is 0 Å². The van der Waals surface area contributed by atoms with Crippen LogP contribution in [0.3, 0.4) is 0 Å². The summed E-state index contributed by atoms with van der Waals surface area (Å²) in [6.07, 6.45) is 4.60. The van der Waals surface area contributed by atoms with E-state index in [1.54, 1.807) is 6.07 Å². The molecule has 0 aliphatic heterocycles. The first-order chi connectivity index (χ1) is 8.78. The molecule has 1 aromatic heterocycles. The van der Waals surface area contributed by atoms with Crippen LogP contribution in [-0.4, -0.2) is 13.1 Å². The lowest BCUT2D eigenvalue weighted by molar-refractivity contribution is 0.440. The van der Waals surface area contributed by atoms with Crippen LogP contribution in [0, 0.1) is 11.7 Å². The Morgan fingerprint density at radius 1 is 1.44 bits per heavy atom. The summed E-state index contributed by atoms with van der Waals surface area (Å²) < 4.78 is 19.1. The first-order valence-electron chi connectivity index (χ1n) is 6.62. The highest BCUT2D eigenvalue weighted by Crippen LogP contribution is 2.34. The molecule has 2 nitrogen and oxygen atoms in total. The summed E-state index contributed by atoms with van der Waals surface area (Å²) in [6, 6.07) is 7.58. The van der Waals surface area contributed by atoms with Gasteiger partial charge in [0.1, 0.15) is 5.76 Å². The molecule has 0 amide bonds. The van der Waals surface area contributed by atoms with Crippen LogP contribution in [0.1, 0.15) is 25.0 Å². The number of para-hydroxylation sites is 1. The van der Waals surface area contributed by atoms with E-state index in [0.29, 0.717) is 11.6 Å². The molecule has 1 aliphatic carbocycles. The first kappa shape index (κ1) is 11.7. The lowest BCUT2D eigenvalue weighted by atomic mass is 10.1. The van der Waals surface area contributed by atoms with Crippen molar-refractivity contribution in [2.75, 3.05) is 7.05 Å². The summed E-state index contributed by atoms with van der Waals surface area (Å²) in [5, 5.41) is 4.22. The standard InChI is InChI=1S/C15H18FNO/c1-17-14(10-5-6-10)8-7-12-9-11-3-2-4-13(16)15(11)18-12/h2-4,9-10,14,17H,5-8H2,1H3. The normalized spacial score (nSPS) is 17.2. The van der Waals surface area contributed by atoms with Crippen LogP contribution in [0.25, 0.3) is 11.0 Å². The van der Waals surface area contributed by atoms with Gasteiger partial charge in [-0.3, -0.25) is 0 Å². The van der Waals surface area contributed by atoms with Crippen molar-refractivity contribution in [1.29, 1.82) is 0 Å². The fraction of sp³-hybridized carbons (Fsp3) is 0.467. The molecule has 18 heavy (non-hydrogen) atoms. The molecule has 0 saturated heterocycles. The fourth-order valence-electron chi connectivity index (χ4n) is 2.62. The third kappa shape index (κ3) is 2.27. The second kappa shape index (κ2) is 4.73. The van der Waals surface area contributed by atoms with Gasteiger partial charge in [0.05, 0.1) is 0 Å². The van der Waals surface area contributed by atoms with Crippen LogP contribution in [0.5, 0.6) is 0 Å². The molecule has 1 heterocycles. The molecule has 1 N–H and O–H groups in total. The van der Waals surface area contributed by atoms with Gasteiger partial charge in [-0.2, -0.15) is 0 Å². The number of halogens is 1. The van der Waals surface area contributed by atoms with E-state index in [9.17, 15) is 4.39 Å². The van der Waals surface area contributed by atoms with E-state index in [2.05, 4.69) is 5.32 Å². The van der Waals surface area contributed by atoms with Crippen LogP contribution in [-0.2, 0) is 6.42 Å². The Morgan fingerprint density at radius 2 is 2.28 bits per heavy atom. The summed E-state index contributed by atoms with van der Waals surface area (Å²) in [4.78, 5) is 0. The average Bonchev–Trinajstić information content (AvgIpc) is 3.10. The maximum atomic E-state index is 13.5. The Balaban J connectivity index is 1.72. The molecule has 2 aromatic rings. The second-order valence-corrected chi connectivity index (χ2v) is 5.14. The topological polar surface area (TPSA) is 25.2 Å². The van der Waals surface area contributed by atoms with Crippen LogP contribution < -0.4 is 5.32 Å². The van der Waals surface area contributed by atoms with E-state index >= 15 is 0 Å². The Hall–Kier alpha value is -1.35. The molecule has 0 radical (unpaired) electrons.